The van der Waals surface area contributed by atoms with Crippen molar-refractivity contribution in [3.63, 3.8) is 0 Å². The number of thiazole rings is 1. The Morgan fingerprint density at radius 1 is 1.08 bits per heavy atom. The van der Waals surface area contributed by atoms with Crippen LogP contribution in [0.1, 0.15) is 26.9 Å². The summed E-state index contributed by atoms with van der Waals surface area (Å²) < 4.78 is 39.1. The third kappa shape index (κ3) is 4.27. The van der Waals surface area contributed by atoms with Crippen LogP contribution in [0.3, 0.4) is 0 Å². The van der Waals surface area contributed by atoms with Crippen LogP contribution in [-0.2, 0) is 12.1 Å². The van der Waals surface area contributed by atoms with Gasteiger partial charge in [0.15, 0.2) is 0 Å². The SMILES string of the molecule is FC(F)(F)c1ccc(-c2nc(C(S)c3ccc(Br)cc3)c(CCl)s2)cc1. The molecule has 1 nitrogen and oxygen atoms in total. The minimum absolute atomic E-state index is 0.265. The van der Waals surface area contributed by atoms with Crippen LogP contribution in [-0.4, -0.2) is 4.98 Å². The first-order valence-electron chi connectivity index (χ1n) is 7.46. The lowest BCUT2D eigenvalue weighted by atomic mass is 10.1. The molecule has 0 bridgehead atoms. The van der Waals surface area contributed by atoms with Crippen molar-refractivity contribution in [2.45, 2.75) is 17.3 Å². The summed E-state index contributed by atoms with van der Waals surface area (Å²) in [6.45, 7) is 0. The van der Waals surface area contributed by atoms with Crippen LogP contribution in [0.25, 0.3) is 10.6 Å². The third-order valence-electron chi connectivity index (χ3n) is 3.75. The molecule has 0 amide bonds. The molecule has 0 aliphatic heterocycles. The van der Waals surface area contributed by atoms with Crippen LogP contribution in [0.15, 0.2) is 53.0 Å². The summed E-state index contributed by atoms with van der Waals surface area (Å²) in [6, 6.07) is 12.7. The fourth-order valence-corrected chi connectivity index (χ4v) is 4.39. The van der Waals surface area contributed by atoms with Crippen molar-refractivity contribution in [1.29, 1.82) is 0 Å². The molecular weight excluding hydrogens is 467 g/mol. The highest BCUT2D eigenvalue weighted by Gasteiger charge is 2.30. The van der Waals surface area contributed by atoms with Crippen molar-refractivity contribution < 1.29 is 13.2 Å². The number of aromatic nitrogens is 1. The summed E-state index contributed by atoms with van der Waals surface area (Å²) in [6.07, 6.45) is -4.36. The number of hydrogen-bond donors (Lipinski definition) is 1. The van der Waals surface area contributed by atoms with Crippen molar-refractivity contribution >= 4 is 51.5 Å². The van der Waals surface area contributed by atoms with E-state index in [1.54, 1.807) is 0 Å². The monoisotopic (exact) mass is 477 g/mol. The van der Waals surface area contributed by atoms with E-state index in [1.807, 2.05) is 24.3 Å². The Kier molecular flexibility index (Phi) is 6.01. The maximum absolute atomic E-state index is 12.7. The topological polar surface area (TPSA) is 12.9 Å². The summed E-state index contributed by atoms with van der Waals surface area (Å²) >= 11 is 15.5. The fraction of sp³-hybridized carbons (Fsp3) is 0.167. The normalized spacial score (nSPS) is 13.0. The van der Waals surface area contributed by atoms with Gasteiger partial charge >= 0.3 is 6.18 Å². The second-order valence-electron chi connectivity index (χ2n) is 5.49. The van der Waals surface area contributed by atoms with Crippen molar-refractivity contribution in [1.82, 2.24) is 4.98 Å². The molecule has 3 aromatic rings. The lowest BCUT2D eigenvalue weighted by Crippen LogP contribution is -2.03. The number of halogens is 5. The third-order valence-corrected chi connectivity index (χ3v) is 6.37. The van der Waals surface area contributed by atoms with Crippen LogP contribution in [0, 0.1) is 0 Å². The molecule has 8 heteroatoms. The van der Waals surface area contributed by atoms with Gasteiger partial charge in [-0.2, -0.15) is 25.8 Å². The number of alkyl halides is 4. The smallest absolute Gasteiger partial charge is 0.239 e. The van der Waals surface area contributed by atoms with E-state index < -0.39 is 11.7 Å². The molecule has 0 N–H and O–H groups in total. The first-order valence-corrected chi connectivity index (χ1v) is 10.1. The number of rotatable bonds is 4. The Balaban J connectivity index is 1.95. The first-order chi connectivity index (χ1) is 12.3. The summed E-state index contributed by atoms with van der Waals surface area (Å²) in [5, 5.41) is 0.358. The van der Waals surface area contributed by atoms with Crippen molar-refractivity contribution in [3.05, 3.63) is 74.7 Å². The van der Waals surface area contributed by atoms with Crippen LogP contribution in [0.4, 0.5) is 13.2 Å². The maximum Gasteiger partial charge on any atom is 0.416 e. The first kappa shape index (κ1) is 19.7. The molecule has 0 saturated carbocycles. The molecule has 3 rings (SSSR count). The Bertz CT molecular complexity index is 892. The quantitative estimate of drug-likeness (QED) is 0.305. The van der Waals surface area contributed by atoms with Gasteiger partial charge in [0.25, 0.3) is 0 Å². The van der Waals surface area contributed by atoms with Crippen molar-refractivity contribution in [2.75, 3.05) is 0 Å². The zero-order valence-electron chi connectivity index (χ0n) is 13.1. The van der Waals surface area contributed by atoms with E-state index in [9.17, 15) is 13.2 Å². The predicted octanol–water partition coefficient (Wildman–Crippen LogP) is 7.35. The average molecular weight is 479 g/mol. The highest BCUT2D eigenvalue weighted by atomic mass is 79.9. The van der Waals surface area contributed by atoms with Crippen LogP contribution >= 0.6 is 51.5 Å². The predicted molar refractivity (Wildman–Crippen MR) is 107 cm³/mol. The molecular formula is C18H12BrClF3NS2. The van der Waals surface area contributed by atoms with Gasteiger partial charge in [-0.1, -0.05) is 40.2 Å². The lowest BCUT2D eigenvalue weighted by molar-refractivity contribution is -0.137. The molecule has 2 aromatic carbocycles. The van der Waals surface area contributed by atoms with Gasteiger partial charge in [-0.15, -0.1) is 22.9 Å². The van der Waals surface area contributed by atoms with Gasteiger partial charge in [0.1, 0.15) is 5.01 Å². The fourth-order valence-electron chi connectivity index (χ4n) is 2.40. The number of benzene rings is 2. The maximum atomic E-state index is 12.7. The van der Waals surface area contributed by atoms with E-state index >= 15 is 0 Å². The minimum atomic E-state index is -4.36. The largest absolute Gasteiger partial charge is 0.416 e. The molecule has 0 radical (unpaired) electrons. The van der Waals surface area contributed by atoms with Crippen molar-refractivity contribution in [3.8, 4) is 10.6 Å². The zero-order valence-corrected chi connectivity index (χ0v) is 17.1. The Labute approximate surface area is 171 Å². The van der Waals surface area contributed by atoms with Gasteiger partial charge in [-0.05, 0) is 29.8 Å². The van der Waals surface area contributed by atoms with E-state index in [0.717, 1.165) is 32.7 Å². The molecule has 1 heterocycles. The zero-order chi connectivity index (χ0) is 18.9. The molecule has 136 valence electrons. The highest BCUT2D eigenvalue weighted by Crippen LogP contribution is 2.38. The van der Waals surface area contributed by atoms with E-state index in [0.29, 0.717) is 10.6 Å². The van der Waals surface area contributed by atoms with Gasteiger partial charge in [0.2, 0.25) is 0 Å². The molecule has 0 saturated heterocycles. The standard InChI is InChI=1S/C18H12BrClF3NS2/c19-13-7-3-10(4-8-13)16(25)15-14(9-20)26-17(24-15)11-1-5-12(6-2-11)18(21,22)23/h1-8,16,25H,9H2. The lowest BCUT2D eigenvalue weighted by Gasteiger charge is -2.10. The molecule has 26 heavy (non-hydrogen) atoms. The van der Waals surface area contributed by atoms with Gasteiger partial charge in [-0.3, -0.25) is 0 Å². The van der Waals surface area contributed by atoms with Gasteiger partial charge in [0.05, 0.1) is 22.4 Å². The van der Waals surface area contributed by atoms with Crippen molar-refractivity contribution in [2.24, 2.45) is 0 Å². The number of thiol groups is 1. The molecule has 0 aliphatic rings. The molecule has 1 atom stereocenters. The number of hydrogen-bond acceptors (Lipinski definition) is 3. The summed E-state index contributed by atoms with van der Waals surface area (Å²) in [7, 11) is 0. The van der Waals surface area contributed by atoms with E-state index in [1.165, 1.54) is 23.5 Å². The van der Waals surface area contributed by atoms with E-state index in [-0.39, 0.29) is 11.1 Å². The second kappa shape index (κ2) is 7.92. The molecule has 0 spiro atoms. The number of nitrogens with zero attached hydrogens (tertiary/aromatic N) is 1. The van der Waals surface area contributed by atoms with Crippen LogP contribution in [0.2, 0.25) is 0 Å². The summed E-state index contributed by atoms with van der Waals surface area (Å²) in [4.78, 5) is 5.46. The Hall–Kier alpha value is -1.02. The Morgan fingerprint density at radius 3 is 2.23 bits per heavy atom. The molecule has 0 fully saturated rings. The average Bonchev–Trinajstić information content (AvgIpc) is 3.05. The van der Waals surface area contributed by atoms with Crippen LogP contribution < -0.4 is 0 Å². The molecule has 1 aromatic heterocycles. The van der Waals surface area contributed by atoms with Gasteiger partial charge in [-0.25, -0.2) is 4.98 Å². The highest BCUT2D eigenvalue weighted by molar-refractivity contribution is 9.10. The second-order valence-corrected chi connectivity index (χ2v) is 8.27. The molecule has 1 unspecified atom stereocenters. The van der Waals surface area contributed by atoms with Crippen LogP contribution in [0.5, 0.6) is 0 Å². The van der Waals surface area contributed by atoms with Gasteiger partial charge in [0, 0.05) is 14.9 Å². The van der Waals surface area contributed by atoms with E-state index in [4.69, 9.17) is 11.6 Å². The minimum Gasteiger partial charge on any atom is -0.239 e. The molecule has 0 aliphatic carbocycles. The summed E-state index contributed by atoms with van der Waals surface area (Å²) in [5.41, 5.74) is 1.63. The Morgan fingerprint density at radius 2 is 1.69 bits per heavy atom. The summed E-state index contributed by atoms with van der Waals surface area (Å²) in [5.74, 6) is 0.265. The van der Waals surface area contributed by atoms with Gasteiger partial charge < -0.3 is 0 Å². The van der Waals surface area contributed by atoms with E-state index in [2.05, 4.69) is 33.5 Å².